The Labute approximate surface area is 138 Å². The molecular formula is C17H25Cl2NO. The minimum atomic E-state index is -0.155. The molecule has 1 unspecified atom stereocenters. The molecular weight excluding hydrogens is 305 g/mol. The largest absolute Gasteiger partial charge is 0.373 e. The highest BCUT2D eigenvalue weighted by Crippen LogP contribution is 2.45. The lowest BCUT2D eigenvalue weighted by atomic mass is 9.86. The van der Waals surface area contributed by atoms with Crippen molar-refractivity contribution in [2.24, 2.45) is 0 Å². The van der Waals surface area contributed by atoms with E-state index >= 15 is 0 Å². The Balaban J connectivity index is 2.39. The van der Waals surface area contributed by atoms with E-state index in [4.69, 9.17) is 27.9 Å². The minimum Gasteiger partial charge on any atom is -0.373 e. The second-order valence-electron chi connectivity index (χ2n) is 5.74. The van der Waals surface area contributed by atoms with Crippen molar-refractivity contribution >= 4 is 23.2 Å². The van der Waals surface area contributed by atoms with E-state index in [1.54, 1.807) is 0 Å². The van der Waals surface area contributed by atoms with E-state index in [0.717, 1.165) is 38.0 Å². The summed E-state index contributed by atoms with van der Waals surface area (Å²) < 4.78 is 6.23. The fourth-order valence-corrected chi connectivity index (χ4v) is 3.81. The van der Waals surface area contributed by atoms with Gasteiger partial charge in [-0.1, -0.05) is 55.1 Å². The van der Waals surface area contributed by atoms with Crippen LogP contribution >= 0.6 is 23.2 Å². The number of nitrogens with one attached hydrogen (secondary N) is 1. The van der Waals surface area contributed by atoms with Gasteiger partial charge in [0.1, 0.15) is 0 Å². The van der Waals surface area contributed by atoms with Gasteiger partial charge in [0.05, 0.1) is 21.7 Å². The quantitative estimate of drug-likeness (QED) is 0.724. The molecule has 0 radical (unpaired) electrons. The molecule has 0 heterocycles. The first kappa shape index (κ1) is 17.1. The zero-order valence-electron chi connectivity index (χ0n) is 12.9. The van der Waals surface area contributed by atoms with Crippen LogP contribution in [0.15, 0.2) is 18.2 Å². The molecule has 21 heavy (non-hydrogen) atoms. The van der Waals surface area contributed by atoms with Crippen molar-refractivity contribution in [2.75, 3.05) is 13.2 Å². The van der Waals surface area contributed by atoms with Crippen LogP contribution in [-0.2, 0) is 4.74 Å². The Morgan fingerprint density at radius 3 is 2.57 bits per heavy atom. The van der Waals surface area contributed by atoms with Crippen molar-refractivity contribution in [3.05, 3.63) is 33.8 Å². The fourth-order valence-electron chi connectivity index (χ4n) is 3.39. The number of hydrogen-bond acceptors (Lipinski definition) is 2. The Morgan fingerprint density at radius 2 is 1.95 bits per heavy atom. The van der Waals surface area contributed by atoms with Gasteiger partial charge in [0.15, 0.2) is 0 Å². The van der Waals surface area contributed by atoms with Crippen LogP contribution in [0, 0.1) is 0 Å². The summed E-state index contributed by atoms with van der Waals surface area (Å²) >= 11 is 12.7. The predicted octanol–water partition coefficient (Wildman–Crippen LogP) is 5.38. The van der Waals surface area contributed by atoms with Crippen molar-refractivity contribution in [2.45, 2.75) is 57.6 Å². The molecule has 0 aliphatic heterocycles. The van der Waals surface area contributed by atoms with Crippen LogP contribution in [0.2, 0.25) is 10.0 Å². The summed E-state index contributed by atoms with van der Waals surface area (Å²) in [4.78, 5) is 0. The molecule has 0 amide bonds. The maximum atomic E-state index is 6.48. The van der Waals surface area contributed by atoms with Crippen LogP contribution in [0.1, 0.15) is 57.6 Å². The lowest BCUT2D eigenvalue weighted by molar-refractivity contribution is -0.0625. The molecule has 0 spiro atoms. The van der Waals surface area contributed by atoms with Crippen molar-refractivity contribution < 1.29 is 4.74 Å². The average molecular weight is 330 g/mol. The van der Waals surface area contributed by atoms with Crippen LogP contribution in [0.3, 0.4) is 0 Å². The zero-order valence-corrected chi connectivity index (χ0v) is 14.4. The molecule has 118 valence electrons. The maximum Gasteiger partial charge on any atom is 0.0876 e. The molecule has 1 fully saturated rings. The number of rotatable bonds is 7. The third-order valence-electron chi connectivity index (χ3n) is 4.30. The molecule has 0 aromatic heterocycles. The van der Waals surface area contributed by atoms with E-state index in [1.165, 1.54) is 12.8 Å². The number of hydrogen-bond donors (Lipinski definition) is 1. The maximum absolute atomic E-state index is 6.48. The van der Waals surface area contributed by atoms with Crippen LogP contribution < -0.4 is 5.32 Å². The molecule has 2 rings (SSSR count). The normalized spacial score (nSPS) is 18.9. The van der Waals surface area contributed by atoms with Gasteiger partial charge in [-0.3, -0.25) is 0 Å². The smallest absolute Gasteiger partial charge is 0.0876 e. The highest BCUT2D eigenvalue weighted by atomic mass is 35.5. The predicted molar refractivity (Wildman–Crippen MR) is 90.3 cm³/mol. The minimum absolute atomic E-state index is 0.103. The summed E-state index contributed by atoms with van der Waals surface area (Å²) in [5.41, 5.74) is 0.908. The van der Waals surface area contributed by atoms with Gasteiger partial charge in [-0.2, -0.15) is 0 Å². The van der Waals surface area contributed by atoms with Crippen LogP contribution in [0.5, 0.6) is 0 Å². The standard InChI is InChI=1S/C17H25Cl2NO/c1-3-12-20-16(13-8-7-9-14(18)15(13)19)17(21-4-2)10-5-6-11-17/h7-9,16,20H,3-6,10-12H2,1-2H3. The first-order chi connectivity index (χ1) is 10.1. The Kier molecular flexibility index (Phi) is 6.36. The van der Waals surface area contributed by atoms with Gasteiger partial charge in [0.25, 0.3) is 0 Å². The summed E-state index contributed by atoms with van der Waals surface area (Å²) in [5, 5.41) is 4.92. The second-order valence-corrected chi connectivity index (χ2v) is 6.52. The summed E-state index contributed by atoms with van der Waals surface area (Å²) in [7, 11) is 0. The number of benzene rings is 1. The average Bonchev–Trinajstić information content (AvgIpc) is 2.93. The first-order valence-corrected chi connectivity index (χ1v) is 8.71. The molecule has 2 nitrogen and oxygen atoms in total. The highest BCUT2D eigenvalue weighted by Gasteiger charge is 2.43. The Hall–Kier alpha value is -0.280. The molecule has 1 atom stereocenters. The molecule has 1 aliphatic carbocycles. The van der Waals surface area contributed by atoms with Gasteiger partial charge in [0.2, 0.25) is 0 Å². The second kappa shape index (κ2) is 7.82. The van der Waals surface area contributed by atoms with E-state index in [2.05, 4.69) is 25.2 Å². The first-order valence-electron chi connectivity index (χ1n) is 7.96. The van der Waals surface area contributed by atoms with E-state index in [1.807, 2.05) is 12.1 Å². The molecule has 0 saturated heterocycles. The van der Waals surface area contributed by atoms with E-state index in [0.29, 0.717) is 10.0 Å². The molecule has 1 aromatic rings. The molecule has 1 N–H and O–H groups in total. The zero-order chi connectivity index (χ0) is 15.3. The number of ether oxygens (including phenoxy) is 1. The summed E-state index contributed by atoms with van der Waals surface area (Å²) in [6.45, 7) is 5.91. The van der Waals surface area contributed by atoms with Gasteiger partial charge >= 0.3 is 0 Å². The van der Waals surface area contributed by atoms with E-state index in [9.17, 15) is 0 Å². The van der Waals surface area contributed by atoms with Crippen molar-refractivity contribution in [3.8, 4) is 0 Å². The molecule has 1 aliphatic rings. The van der Waals surface area contributed by atoms with Gasteiger partial charge in [-0.25, -0.2) is 0 Å². The number of halogens is 2. The fraction of sp³-hybridized carbons (Fsp3) is 0.647. The monoisotopic (exact) mass is 329 g/mol. The van der Waals surface area contributed by atoms with Crippen LogP contribution in [-0.4, -0.2) is 18.8 Å². The van der Waals surface area contributed by atoms with Crippen LogP contribution in [0.4, 0.5) is 0 Å². The van der Waals surface area contributed by atoms with Crippen LogP contribution in [0.25, 0.3) is 0 Å². The van der Waals surface area contributed by atoms with Crippen molar-refractivity contribution in [1.82, 2.24) is 5.32 Å². The van der Waals surface area contributed by atoms with Gasteiger partial charge in [-0.15, -0.1) is 0 Å². The van der Waals surface area contributed by atoms with E-state index in [-0.39, 0.29) is 11.6 Å². The lowest BCUT2D eigenvalue weighted by Gasteiger charge is -2.39. The molecule has 1 aromatic carbocycles. The third-order valence-corrected chi connectivity index (χ3v) is 5.13. The van der Waals surface area contributed by atoms with E-state index < -0.39 is 0 Å². The molecule has 4 heteroatoms. The Morgan fingerprint density at radius 1 is 1.24 bits per heavy atom. The van der Waals surface area contributed by atoms with Gasteiger partial charge < -0.3 is 10.1 Å². The highest BCUT2D eigenvalue weighted by molar-refractivity contribution is 6.42. The van der Waals surface area contributed by atoms with Gasteiger partial charge in [0, 0.05) is 6.61 Å². The summed E-state index contributed by atoms with van der Waals surface area (Å²) in [6, 6.07) is 5.98. The van der Waals surface area contributed by atoms with Crippen molar-refractivity contribution in [3.63, 3.8) is 0 Å². The molecule has 1 saturated carbocycles. The summed E-state index contributed by atoms with van der Waals surface area (Å²) in [6.07, 6.45) is 5.65. The lowest BCUT2D eigenvalue weighted by Crippen LogP contribution is -2.44. The van der Waals surface area contributed by atoms with Crippen molar-refractivity contribution in [1.29, 1.82) is 0 Å². The summed E-state index contributed by atoms with van der Waals surface area (Å²) in [5.74, 6) is 0. The third kappa shape index (κ3) is 3.73. The van der Waals surface area contributed by atoms with Gasteiger partial charge in [-0.05, 0) is 44.4 Å². The Bertz CT molecular complexity index is 458. The SMILES string of the molecule is CCCNC(c1cccc(Cl)c1Cl)C1(OCC)CCCC1. The topological polar surface area (TPSA) is 21.3 Å². The molecule has 0 bridgehead atoms.